The van der Waals surface area contributed by atoms with Gasteiger partial charge in [-0.05, 0) is 66.0 Å². The average molecular weight is 430 g/mol. The van der Waals surface area contributed by atoms with Crippen LogP contribution in [0.15, 0.2) is 51.4 Å². The molecule has 0 aliphatic rings. The number of ether oxygens (including phenoxy) is 1. The summed E-state index contributed by atoms with van der Waals surface area (Å²) in [5.41, 5.74) is 8.58. The van der Waals surface area contributed by atoms with Crippen molar-refractivity contribution in [1.29, 1.82) is 0 Å². The van der Waals surface area contributed by atoms with Crippen molar-refractivity contribution in [2.24, 2.45) is 5.10 Å². The van der Waals surface area contributed by atoms with Crippen molar-refractivity contribution in [1.82, 2.24) is 4.98 Å². The molecule has 0 radical (unpaired) electrons. The van der Waals surface area contributed by atoms with E-state index in [4.69, 9.17) is 4.74 Å². The van der Waals surface area contributed by atoms with Crippen LogP contribution in [0.4, 0.5) is 5.13 Å². The highest BCUT2D eigenvalue weighted by Gasteiger charge is 2.07. The Labute approximate surface area is 166 Å². The first-order valence-corrected chi connectivity index (χ1v) is 9.98. The lowest BCUT2D eigenvalue weighted by Gasteiger charge is -2.05. The summed E-state index contributed by atoms with van der Waals surface area (Å²) in [5, 5.41) is 7.09. The maximum absolute atomic E-state index is 5.51. The zero-order chi connectivity index (χ0) is 18.5. The van der Waals surface area contributed by atoms with Gasteiger partial charge in [0.25, 0.3) is 0 Å². The number of rotatable bonds is 6. The highest BCUT2D eigenvalue weighted by molar-refractivity contribution is 9.10. The number of halogens is 1. The third-order valence-corrected chi connectivity index (χ3v) is 5.16. The zero-order valence-electron chi connectivity index (χ0n) is 14.9. The molecule has 0 unspecified atom stereocenters. The largest absolute Gasteiger partial charge is 0.493 e. The van der Waals surface area contributed by atoms with Crippen LogP contribution in [0.25, 0.3) is 11.3 Å². The zero-order valence-corrected chi connectivity index (χ0v) is 17.3. The van der Waals surface area contributed by atoms with Gasteiger partial charge < -0.3 is 4.74 Å². The molecule has 0 bridgehead atoms. The molecule has 2 aromatic carbocycles. The fourth-order valence-corrected chi connectivity index (χ4v) is 3.75. The van der Waals surface area contributed by atoms with Gasteiger partial charge in [0.1, 0.15) is 5.75 Å². The molecule has 4 nitrogen and oxygen atoms in total. The Balaban J connectivity index is 1.68. The maximum atomic E-state index is 5.51. The summed E-state index contributed by atoms with van der Waals surface area (Å²) >= 11 is 5.05. The number of benzene rings is 2. The number of hydrazone groups is 1. The minimum absolute atomic E-state index is 0.639. The smallest absolute Gasteiger partial charge is 0.203 e. The van der Waals surface area contributed by atoms with Crippen LogP contribution in [0.1, 0.15) is 23.6 Å². The van der Waals surface area contributed by atoms with Gasteiger partial charge >= 0.3 is 0 Å². The van der Waals surface area contributed by atoms with E-state index < -0.39 is 0 Å². The Morgan fingerprint density at radius 3 is 2.81 bits per heavy atom. The van der Waals surface area contributed by atoms with Gasteiger partial charge in [-0.1, -0.05) is 23.8 Å². The number of anilines is 1. The molecule has 26 heavy (non-hydrogen) atoms. The van der Waals surface area contributed by atoms with E-state index in [-0.39, 0.29) is 0 Å². The minimum Gasteiger partial charge on any atom is -0.493 e. The standard InChI is InChI=1S/C20H20BrN3OS/c1-4-25-19-8-6-15(10-17(19)21)11-22-24-20-23-18(12-26-20)16-7-5-13(2)9-14(16)3/h5-12H,4H2,1-3H3,(H,23,24)/b22-11-. The van der Waals surface area contributed by atoms with E-state index in [1.165, 1.54) is 22.5 Å². The average Bonchev–Trinajstić information content (AvgIpc) is 3.06. The van der Waals surface area contributed by atoms with E-state index in [1.54, 1.807) is 6.21 Å². The predicted molar refractivity (Wildman–Crippen MR) is 114 cm³/mol. The first kappa shape index (κ1) is 18.6. The molecule has 1 N–H and O–H groups in total. The third kappa shape index (κ3) is 4.51. The van der Waals surface area contributed by atoms with Crippen molar-refractivity contribution >= 4 is 38.6 Å². The number of nitrogens with one attached hydrogen (secondary N) is 1. The fourth-order valence-electron chi connectivity index (χ4n) is 2.58. The fraction of sp³-hybridized carbons (Fsp3) is 0.200. The summed E-state index contributed by atoms with van der Waals surface area (Å²) < 4.78 is 6.42. The SMILES string of the molecule is CCOc1ccc(/C=N\Nc2nc(-c3ccc(C)cc3C)cs2)cc1Br. The molecule has 0 atom stereocenters. The second-order valence-electron chi connectivity index (χ2n) is 5.85. The van der Waals surface area contributed by atoms with E-state index in [2.05, 4.69) is 63.5 Å². The minimum atomic E-state index is 0.639. The Bertz CT molecular complexity index is 937. The molecule has 1 heterocycles. The second-order valence-corrected chi connectivity index (χ2v) is 7.56. The van der Waals surface area contributed by atoms with Gasteiger partial charge in [0.2, 0.25) is 5.13 Å². The normalized spacial score (nSPS) is 11.1. The second kappa shape index (κ2) is 8.47. The van der Waals surface area contributed by atoms with Crippen LogP contribution in [0, 0.1) is 13.8 Å². The monoisotopic (exact) mass is 429 g/mol. The van der Waals surface area contributed by atoms with Crippen LogP contribution in [0.2, 0.25) is 0 Å². The molecule has 0 saturated carbocycles. The Kier molecular flexibility index (Phi) is 6.06. The lowest BCUT2D eigenvalue weighted by Crippen LogP contribution is -1.94. The molecule has 0 amide bonds. The molecule has 0 aliphatic heterocycles. The molecular formula is C20H20BrN3OS. The van der Waals surface area contributed by atoms with Gasteiger partial charge in [0, 0.05) is 10.9 Å². The van der Waals surface area contributed by atoms with Crippen molar-refractivity contribution in [2.75, 3.05) is 12.0 Å². The molecule has 0 spiro atoms. The molecular weight excluding hydrogens is 410 g/mol. The molecule has 1 aromatic heterocycles. The third-order valence-electron chi connectivity index (χ3n) is 3.79. The Hall–Kier alpha value is -2.18. The summed E-state index contributed by atoms with van der Waals surface area (Å²) in [6.07, 6.45) is 1.76. The van der Waals surface area contributed by atoms with Gasteiger partial charge in [-0.15, -0.1) is 11.3 Å². The van der Waals surface area contributed by atoms with Crippen molar-refractivity contribution in [2.45, 2.75) is 20.8 Å². The maximum Gasteiger partial charge on any atom is 0.203 e. The van der Waals surface area contributed by atoms with Crippen LogP contribution in [0.5, 0.6) is 5.75 Å². The first-order valence-electron chi connectivity index (χ1n) is 8.31. The summed E-state index contributed by atoms with van der Waals surface area (Å²) in [7, 11) is 0. The number of hydrogen-bond donors (Lipinski definition) is 1. The van der Waals surface area contributed by atoms with Gasteiger partial charge in [-0.2, -0.15) is 5.10 Å². The topological polar surface area (TPSA) is 46.5 Å². The van der Waals surface area contributed by atoms with Crippen LogP contribution >= 0.6 is 27.3 Å². The predicted octanol–water partition coefficient (Wildman–Crippen LogP) is 6.03. The molecule has 0 fully saturated rings. The van der Waals surface area contributed by atoms with Gasteiger partial charge in [-0.3, -0.25) is 5.43 Å². The van der Waals surface area contributed by atoms with Crippen molar-refractivity contribution < 1.29 is 4.74 Å². The van der Waals surface area contributed by atoms with E-state index in [1.807, 2.05) is 30.5 Å². The summed E-state index contributed by atoms with van der Waals surface area (Å²) in [4.78, 5) is 4.62. The summed E-state index contributed by atoms with van der Waals surface area (Å²) in [6, 6.07) is 12.3. The molecule has 0 saturated heterocycles. The van der Waals surface area contributed by atoms with E-state index in [0.29, 0.717) is 6.61 Å². The van der Waals surface area contributed by atoms with Crippen molar-refractivity contribution in [3.8, 4) is 17.0 Å². The van der Waals surface area contributed by atoms with Gasteiger partial charge in [0.15, 0.2) is 0 Å². The summed E-state index contributed by atoms with van der Waals surface area (Å²) in [5.74, 6) is 0.829. The van der Waals surface area contributed by atoms with Crippen molar-refractivity contribution in [3.05, 3.63) is 62.9 Å². The Morgan fingerprint density at radius 2 is 2.08 bits per heavy atom. The lowest BCUT2D eigenvalue weighted by molar-refractivity contribution is 0.338. The summed E-state index contributed by atoms with van der Waals surface area (Å²) in [6.45, 7) is 6.81. The molecule has 3 aromatic rings. The van der Waals surface area contributed by atoms with Crippen molar-refractivity contribution in [3.63, 3.8) is 0 Å². The quantitative estimate of drug-likeness (QED) is 0.384. The van der Waals surface area contributed by atoms with Gasteiger partial charge in [-0.25, -0.2) is 4.98 Å². The number of nitrogens with zero attached hydrogens (tertiary/aromatic N) is 2. The Morgan fingerprint density at radius 1 is 1.23 bits per heavy atom. The van der Waals surface area contributed by atoms with E-state index in [9.17, 15) is 0 Å². The number of aromatic nitrogens is 1. The van der Waals surface area contributed by atoms with Gasteiger partial charge in [0.05, 0.1) is 23.0 Å². The number of thiazole rings is 1. The number of hydrogen-bond acceptors (Lipinski definition) is 5. The lowest BCUT2D eigenvalue weighted by atomic mass is 10.0. The van der Waals surface area contributed by atoms with E-state index >= 15 is 0 Å². The highest BCUT2D eigenvalue weighted by atomic mass is 79.9. The first-order chi connectivity index (χ1) is 12.6. The van der Waals surface area contributed by atoms with Crippen LogP contribution in [-0.2, 0) is 0 Å². The van der Waals surface area contributed by atoms with Crippen LogP contribution < -0.4 is 10.2 Å². The van der Waals surface area contributed by atoms with Crippen LogP contribution in [-0.4, -0.2) is 17.8 Å². The molecule has 0 aliphatic carbocycles. The highest BCUT2D eigenvalue weighted by Crippen LogP contribution is 2.28. The molecule has 6 heteroatoms. The molecule has 134 valence electrons. The van der Waals surface area contributed by atoms with Crippen LogP contribution in [0.3, 0.4) is 0 Å². The van der Waals surface area contributed by atoms with E-state index in [0.717, 1.165) is 32.2 Å². The molecule has 3 rings (SSSR count). The number of aryl methyl sites for hydroxylation is 2.